The van der Waals surface area contributed by atoms with Gasteiger partial charge in [0, 0.05) is 30.7 Å². The molecule has 1 aromatic rings. The summed E-state index contributed by atoms with van der Waals surface area (Å²) in [5, 5.41) is 9.32. The minimum atomic E-state index is -3.77. The number of carbonyl (C=O) groups is 2. The van der Waals surface area contributed by atoms with Crippen LogP contribution in [0, 0.1) is 5.92 Å². The van der Waals surface area contributed by atoms with Crippen LogP contribution in [-0.2, 0) is 14.8 Å². The molecule has 2 aliphatic rings. The molecule has 2 fully saturated rings. The molecule has 3 unspecified atom stereocenters. The number of sulfonamides is 1. The number of carbonyl (C=O) groups excluding carboxylic acids is 1. The number of amides is 1. The molecule has 2 saturated heterocycles. The normalized spacial score (nSPS) is 25.4. The number of rotatable bonds is 6. The minimum absolute atomic E-state index is 0.108. The summed E-state index contributed by atoms with van der Waals surface area (Å²) in [6, 6.07) is 5.22. The average Bonchev–Trinajstić information content (AvgIpc) is 3.22. The topological polar surface area (TPSA) is 95.0 Å². The van der Waals surface area contributed by atoms with E-state index in [9.17, 15) is 23.1 Å². The van der Waals surface area contributed by atoms with Gasteiger partial charge in [-0.1, -0.05) is 0 Å². The Kier molecular flexibility index (Phi) is 5.07. The molecule has 1 N–H and O–H groups in total. The summed E-state index contributed by atoms with van der Waals surface area (Å²) in [4.78, 5) is 25.5. The van der Waals surface area contributed by atoms with E-state index in [0.29, 0.717) is 37.9 Å². The van der Waals surface area contributed by atoms with E-state index in [4.69, 9.17) is 0 Å². The Bertz CT molecular complexity index is 801. The molecule has 3 rings (SSSR count). The second-order valence-electron chi connectivity index (χ2n) is 6.82. The highest BCUT2D eigenvalue weighted by molar-refractivity contribution is 7.89. The SMILES string of the molecule is CCN(CC)C(=O)c1ccc(S(=O)(=O)N2C3CCC2C(C(=O)O)C3)cc1. The zero-order valence-electron chi connectivity index (χ0n) is 15.0. The van der Waals surface area contributed by atoms with Crippen molar-refractivity contribution >= 4 is 21.9 Å². The molecule has 7 nitrogen and oxygen atoms in total. The minimum Gasteiger partial charge on any atom is -0.481 e. The molecule has 0 spiro atoms. The molecule has 0 aliphatic carbocycles. The Balaban J connectivity index is 1.85. The molecule has 26 heavy (non-hydrogen) atoms. The first-order valence-electron chi connectivity index (χ1n) is 8.96. The van der Waals surface area contributed by atoms with Crippen LogP contribution in [0.2, 0.25) is 0 Å². The third kappa shape index (κ3) is 3.01. The van der Waals surface area contributed by atoms with E-state index in [1.807, 2.05) is 13.8 Å². The second-order valence-corrected chi connectivity index (χ2v) is 8.66. The van der Waals surface area contributed by atoms with Gasteiger partial charge in [0.2, 0.25) is 10.0 Å². The van der Waals surface area contributed by atoms with Crippen molar-refractivity contribution in [2.75, 3.05) is 13.1 Å². The molecule has 142 valence electrons. The zero-order valence-corrected chi connectivity index (χ0v) is 15.8. The van der Waals surface area contributed by atoms with Gasteiger partial charge < -0.3 is 10.0 Å². The maximum atomic E-state index is 13.0. The molecule has 2 aliphatic heterocycles. The van der Waals surface area contributed by atoms with Gasteiger partial charge in [-0.25, -0.2) is 8.42 Å². The number of carboxylic acid groups (broad SMARTS) is 1. The maximum Gasteiger partial charge on any atom is 0.308 e. The van der Waals surface area contributed by atoms with Crippen LogP contribution in [0.3, 0.4) is 0 Å². The van der Waals surface area contributed by atoms with Crippen LogP contribution in [0.25, 0.3) is 0 Å². The fraction of sp³-hybridized carbons (Fsp3) is 0.556. The van der Waals surface area contributed by atoms with Gasteiger partial charge in [-0.05, 0) is 57.4 Å². The quantitative estimate of drug-likeness (QED) is 0.812. The first kappa shape index (κ1) is 18.8. The third-order valence-corrected chi connectivity index (χ3v) is 7.51. The lowest BCUT2D eigenvalue weighted by molar-refractivity contribution is -0.142. The van der Waals surface area contributed by atoms with Gasteiger partial charge in [-0.15, -0.1) is 0 Å². The van der Waals surface area contributed by atoms with Gasteiger partial charge in [-0.2, -0.15) is 4.31 Å². The summed E-state index contributed by atoms with van der Waals surface area (Å²) in [6.07, 6.45) is 1.66. The van der Waals surface area contributed by atoms with E-state index in [2.05, 4.69) is 0 Å². The standard InChI is InChI=1S/C18H24N2O5S/c1-3-19(4-2)17(21)12-5-8-14(9-6-12)26(24,25)20-13-7-10-16(20)15(11-13)18(22)23/h5-6,8-9,13,15-16H,3-4,7,10-11H2,1-2H3,(H,22,23). The lowest BCUT2D eigenvalue weighted by Crippen LogP contribution is -2.37. The van der Waals surface area contributed by atoms with Crippen molar-refractivity contribution in [3.05, 3.63) is 29.8 Å². The smallest absolute Gasteiger partial charge is 0.308 e. The first-order valence-corrected chi connectivity index (χ1v) is 10.4. The second kappa shape index (κ2) is 7.00. The van der Waals surface area contributed by atoms with Crippen molar-refractivity contribution in [2.24, 2.45) is 5.92 Å². The Hall–Kier alpha value is -1.93. The molecular weight excluding hydrogens is 356 g/mol. The van der Waals surface area contributed by atoms with Gasteiger partial charge in [0.15, 0.2) is 0 Å². The fourth-order valence-corrected chi connectivity index (χ4v) is 6.08. The van der Waals surface area contributed by atoms with Crippen molar-refractivity contribution < 1.29 is 23.1 Å². The van der Waals surface area contributed by atoms with E-state index in [1.165, 1.54) is 28.6 Å². The summed E-state index contributed by atoms with van der Waals surface area (Å²) in [5.74, 6) is -1.70. The highest BCUT2D eigenvalue weighted by atomic mass is 32.2. The van der Waals surface area contributed by atoms with Gasteiger partial charge in [-0.3, -0.25) is 9.59 Å². The molecule has 2 bridgehead atoms. The molecule has 0 saturated carbocycles. The molecule has 1 aromatic carbocycles. The van der Waals surface area contributed by atoms with E-state index in [1.54, 1.807) is 4.90 Å². The predicted molar refractivity (Wildman–Crippen MR) is 95.3 cm³/mol. The number of hydrogen-bond acceptors (Lipinski definition) is 4. The molecule has 3 atom stereocenters. The van der Waals surface area contributed by atoms with Crippen molar-refractivity contribution in [2.45, 2.75) is 50.1 Å². The van der Waals surface area contributed by atoms with Crippen molar-refractivity contribution in [3.63, 3.8) is 0 Å². The highest BCUT2D eigenvalue weighted by Gasteiger charge is 2.54. The lowest BCUT2D eigenvalue weighted by Gasteiger charge is -2.23. The Morgan fingerprint density at radius 3 is 2.27 bits per heavy atom. The monoisotopic (exact) mass is 380 g/mol. The number of aliphatic carboxylic acids is 1. The lowest BCUT2D eigenvalue weighted by atomic mass is 9.89. The van der Waals surface area contributed by atoms with Crippen LogP contribution >= 0.6 is 0 Å². The number of nitrogens with zero attached hydrogens (tertiary/aromatic N) is 2. The van der Waals surface area contributed by atoms with Gasteiger partial charge >= 0.3 is 5.97 Å². The van der Waals surface area contributed by atoms with E-state index < -0.39 is 28.0 Å². The van der Waals surface area contributed by atoms with Crippen LogP contribution in [0.4, 0.5) is 0 Å². The zero-order chi connectivity index (χ0) is 19.1. The Morgan fingerprint density at radius 2 is 1.77 bits per heavy atom. The predicted octanol–water partition coefficient (Wildman–Crippen LogP) is 1.79. The van der Waals surface area contributed by atoms with Gasteiger partial charge in [0.1, 0.15) is 0 Å². The van der Waals surface area contributed by atoms with Gasteiger partial charge in [0.25, 0.3) is 5.91 Å². The van der Waals surface area contributed by atoms with Gasteiger partial charge in [0.05, 0.1) is 10.8 Å². The van der Waals surface area contributed by atoms with E-state index in [0.717, 1.165) is 0 Å². The number of fused-ring (bicyclic) bond motifs is 2. The summed E-state index contributed by atoms with van der Waals surface area (Å²) < 4.78 is 27.4. The van der Waals surface area contributed by atoms with Crippen LogP contribution in [0.1, 0.15) is 43.5 Å². The van der Waals surface area contributed by atoms with Crippen LogP contribution in [0.5, 0.6) is 0 Å². The van der Waals surface area contributed by atoms with E-state index in [-0.39, 0.29) is 16.8 Å². The fourth-order valence-electron chi connectivity index (χ4n) is 4.16. The molecular formula is C18H24N2O5S. The molecule has 2 heterocycles. The highest BCUT2D eigenvalue weighted by Crippen LogP contribution is 2.45. The molecule has 0 radical (unpaired) electrons. The Morgan fingerprint density at radius 1 is 1.15 bits per heavy atom. The number of carboxylic acids is 1. The van der Waals surface area contributed by atoms with Crippen molar-refractivity contribution in [3.8, 4) is 0 Å². The largest absolute Gasteiger partial charge is 0.481 e. The molecule has 0 aromatic heterocycles. The summed E-state index contributed by atoms with van der Waals surface area (Å²) in [7, 11) is -3.77. The summed E-state index contributed by atoms with van der Waals surface area (Å²) in [5.41, 5.74) is 0.445. The van der Waals surface area contributed by atoms with Crippen LogP contribution < -0.4 is 0 Å². The summed E-state index contributed by atoms with van der Waals surface area (Å²) >= 11 is 0. The molecule has 1 amide bonds. The Labute approximate surface area is 153 Å². The summed E-state index contributed by atoms with van der Waals surface area (Å²) in [6.45, 7) is 4.96. The van der Waals surface area contributed by atoms with Crippen LogP contribution in [-0.4, -0.2) is 59.8 Å². The third-order valence-electron chi connectivity index (χ3n) is 5.52. The maximum absolute atomic E-state index is 13.0. The first-order chi connectivity index (χ1) is 12.3. The molecule has 8 heteroatoms. The van der Waals surface area contributed by atoms with Crippen molar-refractivity contribution in [1.82, 2.24) is 9.21 Å². The number of hydrogen-bond donors (Lipinski definition) is 1. The van der Waals surface area contributed by atoms with Crippen molar-refractivity contribution in [1.29, 1.82) is 0 Å². The van der Waals surface area contributed by atoms with Crippen LogP contribution in [0.15, 0.2) is 29.2 Å². The average molecular weight is 380 g/mol. The number of benzene rings is 1. The van der Waals surface area contributed by atoms with E-state index >= 15 is 0 Å².